The second-order valence-corrected chi connectivity index (χ2v) is 4.50. The molecule has 2 aromatic rings. The van der Waals surface area contributed by atoms with Gasteiger partial charge in [-0.15, -0.1) is 0 Å². The van der Waals surface area contributed by atoms with Gasteiger partial charge in [-0.3, -0.25) is 4.79 Å². The molecule has 0 bridgehead atoms. The number of aliphatic hydroxyl groups excluding tert-OH is 1. The van der Waals surface area contributed by atoms with Crippen LogP contribution >= 0.6 is 0 Å². The third-order valence-corrected chi connectivity index (χ3v) is 3.01. The van der Waals surface area contributed by atoms with Crippen LogP contribution in [-0.2, 0) is 11.2 Å². The summed E-state index contributed by atoms with van der Waals surface area (Å²) in [4.78, 5) is 22.4. The highest BCUT2D eigenvalue weighted by Crippen LogP contribution is 2.19. The van der Waals surface area contributed by atoms with E-state index in [4.69, 9.17) is 19.4 Å². The lowest BCUT2D eigenvalue weighted by Gasteiger charge is -2.03. The fraction of sp³-hybridized carbons (Fsp3) is 0.125. The molecule has 2 rings (SSSR count). The number of carbonyl (C=O) groups is 2. The number of methoxy groups -OCH3 is 1. The number of aliphatic hydroxyl groups is 1. The maximum atomic E-state index is 11.9. The molecule has 0 spiro atoms. The van der Waals surface area contributed by atoms with Crippen LogP contribution in [0.2, 0.25) is 0 Å². The van der Waals surface area contributed by atoms with E-state index >= 15 is 0 Å². The van der Waals surface area contributed by atoms with Crippen LogP contribution in [0.15, 0.2) is 52.8 Å². The molecule has 0 aliphatic heterocycles. The monoisotopic (exact) mass is 302 g/mol. The predicted molar refractivity (Wildman–Crippen MR) is 77.2 cm³/mol. The number of hydrogen-bond donors (Lipinski definition) is 2. The Morgan fingerprint density at radius 2 is 1.86 bits per heavy atom. The second-order valence-electron chi connectivity index (χ2n) is 4.50. The molecule has 1 aromatic carbocycles. The Morgan fingerprint density at radius 1 is 1.18 bits per heavy atom. The van der Waals surface area contributed by atoms with Crippen molar-refractivity contribution in [3.8, 4) is 5.75 Å². The van der Waals surface area contributed by atoms with Crippen molar-refractivity contribution in [3.63, 3.8) is 0 Å². The van der Waals surface area contributed by atoms with Gasteiger partial charge >= 0.3 is 5.97 Å². The molecule has 0 aliphatic carbocycles. The molecule has 0 atom stereocenters. The van der Waals surface area contributed by atoms with Gasteiger partial charge in [0.05, 0.1) is 13.4 Å². The second kappa shape index (κ2) is 6.62. The van der Waals surface area contributed by atoms with Gasteiger partial charge in [-0.1, -0.05) is 12.1 Å². The summed E-state index contributed by atoms with van der Waals surface area (Å²) < 4.78 is 10.2. The van der Waals surface area contributed by atoms with Crippen molar-refractivity contribution in [2.45, 2.75) is 6.42 Å². The number of rotatable bonds is 6. The Labute approximate surface area is 126 Å². The van der Waals surface area contributed by atoms with E-state index in [1.807, 2.05) is 12.1 Å². The zero-order valence-corrected chi connectivity index (χ0v) is 11.8. The van der Waals surface area contributed by atoms with Crippen LogP contribution in [0.5, 0.6) is 5.75 Å². The number of carboxylic acids is 1. The van der Waals surface area contributed by atoms with Gasteiger partial charge in [0.25, 0.3) is 0 Å². The van der Waals surface area contributed by atoms with E-state index in [-0.39, 0.29) is 5.76 Å². The van der Waals surface area contributed by atoms with Crippen molar-refractivity contribution in [1.29, 1.82) is 0 Å². The molecule has 22 heavy (non-hydrogen) atoms. The molecule has 0 saturated heterocycles. The van der Waals surface area contributed by atoms with Crippen molar-refractivity contribution in [1.82, 2.24) is 0 Å². The van der Waals surface area contributed by atoms with Gasteiger partial charge < -0.3 is 19.4 Å². The average Bonchev–Trinajstić information content (AvgIpc) is 2.96. The van der Waals surface area contributed by atoms with E-state index in [1.54, 1.807) is 25.3 Å². The molecule has 1 heterocycles. The normalized spacial score (nSPS) is 11.2. The van der Waals surface area contributed by atoms with Crippen molar-refractivity contribution in [3.05, 3.63) is 65.3 Å². The lowest BCUT2D eigenvalue weighted by molar-refractivity contribution is -0.135. The van der Waals surface area contributed by atoms with Crippen molar-refractivity contribution in [2.24, 2.45) is 0 Å². The number of furan rings is 1. The minimum absolute atomic E-state index is 0.00335. The molecular weight excluding hydrogens is 288 g/mol. The highest BCUT2D eigenvalue weighted by Gasteiger charge is 2.16. The summed E-state index contributed by atoms with van der Waals surface area (Å²) in [6, 6.07) is 8.93. The van der Waals surface area contributed by atoms with E-state index < -0.39 is 17.5 Å². The quantitative estimate of drug-likeness (QED) is 0.483. The number of aliphatic carboxylic acids is 1. The van der Waals surface area contributed by atoms with Gasteiger partial charge in [0.1, 0.15) is 5.75 Å². The van der Waals surface area contributed by atoms with Gasteiger partial charge in [0.15, 0.2) is 5.76 Å². The maximum absolute atomic E-state index is 11.9. The molecule has 6 nitrogen and oxygen atoms in total. The molecule has 0 fully saturated rings. The number of carbonyl (C=O) groups excluding carboxylic acids is 1. The number of allylic oxidation sites excluding steroid dienone is 1. The van der Waals surface area contributed by atoms with E-state index in [9.17, 15) is 9.59 Å². The first-order chi connectivity index (χ1) is 10.5. The Kier molecular flexibility index (Phi) is 4.63. The summed E-state index contributed by atoms with van der Waals surface area (Å²) in [6.07, 6.45) is 2.40. The van der Waals surface area contributed by atoms with Crippen LogP contribution in [0.3, 0.4) is 0 Å². The predicted octanol–water partition coefficient (Wildman–Crippen LogP) is 2.59. The Bertz CT molecular complexity index is 708. The van der Waals surface area contributed by atoms with Gasteiger partial charge in [-0.05, 0) is 23.8 Å². The van der Waals surface area contributed by atoms with Gasteiger partial charge in [0.2, 0.25) is 11.5 Å². The van der Waals surface area contributed by atoms with Crippen LogP contribution in [0.4, 0.5) is 0 Å². The molecule has 114 valence electrons. The zero-order chi connectivity index (χ0) is 16.1. The highest BCUT2D eigenvalue weighted by atomic mass is 16.5. The highest BCUT2D eigenvalue weighted by molar-refractivity contribution is 6.06. The number of carboxylic acid groups (broad SMARTS) is 1. The van der Waals surface area contributed by atoms with E-state index in [0.29, 0.717) is 18.1 Å². The molecule has 0 saturated carbocycles. The Morgan fingerprint density at radius 3 is 2.45 bits per heavy atom. The SMILES string of the molecule is COc1ccc(Cc2ccoc2C(=O)/C=C(\O)C(=O)O)cc1. The number of benzene rings is 1. The fourth-order valence-electron chi connectivity index (χ4n) is 1.91. The van der Waals surface area contributed by atoms with Gasteiger partial charge in [-0.25, -0.2) is 4.79 Å². The molecule has 0 radical (unpaired) electrons. The summed E-state index contributed by atoms with van der Waals surface area (Å²) in [5.41, 5.74) is 1.53. The molecule has 6 heteroatoms. The number of hydrogen-bond acceptors (Lipinski definition) is 5. The first-order valence-corrected chi connectivity index (χ1v) is 6.39. The van der Waals surface area contributed by atoms with Crippen LogP contribution in [0, 0.1) is 0 Å². The van der Waals surface area contributed by atoms with Gasteiger partial charge in [0, 0.05) is 18.1 Å². The summed E-state index contributed by atoms with van der Waals surface area (Å²) in [6.45, 7) is 0. The molecule has 0 aliphatic rings. The van der Waals surface area contributed by atoms with Crippen LogP contribution < -0.4 is 4.74 Å². The summed E-state index contributed by atoms with van der Waals surface area (Å²) in [5, 5.41) is 17.7. The van der Waals surface area contributed by atoms with Crippen molar-refractivity contribution < 1.29 is 29.0 Å². The smallest absolute Gasteiger partial charge is 0.371 e. The molecule has 2 N–H and O–H groups in total. The summed E-state index contributed by atoms with van der Waals surface area (Å²) in [7, 11) is 1.57. The minimum atomic E-state index is -1.57. The molecule has 1 aromatic heterocycles. The molecule has 0 amide bonds. The van der Waals surface area contributed by atoms with Crippen LogP contribution in [0.1, 0.15) is 21.7 Å². The first-order valence-electron chi connectivity index (χ1n) is 6.39. The largest absolute Gasteiger partial charge is 0.502 e. The van der Waals surface area contributed by atoms with Crippen molar-refractivity contribution in [2.75, 3.05) is 7.11 Å². The molecule has 0 unspecified atom stereocenters. The van der Waals surface area contributed by atoms with Gasteiger partial charge in [-0.2, -0.15) is 0 Å². The van der Waals surface area contributed by atoms with E-state index in [2.05, 4.69) is 0 Å². The Hall–Kier alpha value is -3.02. The van der Waals surface area contributed by atoms with Crippen LogP contribution in [0.25, 0.3) is 0 Å². The number of ketones is 1. The topological polar surface area (TPSA) is 97.0 Å². The minimum Gasteiger partial charge on any atom is -0.502 e. The summed E-state index contributed by atoms with van der Waals surface area (Å²) in [5.74, 6) is -2.58. The lowest BCUT2D eigenvalue weighted by Crippen LogP contribution is -2.05. The van der Waals surface area contributed by atoms with E-state index in [1.165, 1.54) is 6.26 Å². The first kappa shape index (κ1) is 15.4. The standard InChI is InChI=1S/C16H14O6/c1-21-12-4-2-10(3-5-12)8-11-6-7-22-15(11)13(17)9-14(18)16(19)20/h2-7,9,18H,8H2,1H3,(H,19,20)/b14-9-. The fourth-order valence-corrected chi connectivity index (χ4v) is 1.91. The third-order valence-electron chi connectivity index (χ3n) is 3.01. The summed E-state index contributed by atoms with van der Waals surface area (Å²) >= 11 is 0. The zero-order valence-electron chi connectivity index (χ0n) is 11.8. The maximum Gasteiger partial charge on any atom is 0.371 e. The average molecular weight is 302 g/mol. The van der Waals surface area contributed by atoms with E-state index in [0.717, 1.165) is 11.3 Å². The molecular formula is C16H14O6. The lowest BCUT2D eigenvalue weighted by atomic mass is 10.0. The van der Waals surface area contributed by atoms with Crippen LogP contribution in [-0.4, -0.2) is 29.1 Å². The number of ether oxygens (including phenoxy) is 1. The van der Waals surface area contributed by atoms with Crippen molar-refractivity contribution >= 4 is 11.8 Å². The third kappa shape index (κ3) is 3.54. The Balaban J connectivity index is 2.20.